The van der Waals surface area contributed by atoms with E-state index in [0.717, 1.165) is 17.4 Å². The summed E-state index contributed by atoms with van der Waals surface area (Å²) in [7, 11) is 0. The van der Waals surface area contributed by atoms with Gasteiger partial charge in [-0.1, -0.05) is 31.2 Å². The van der Waals surface area contributed by atoms with Gasteiger partial charge in [-0.2, -0.15) is 0 Å². The Labute approximate surface area is 107 Å². The number of aldehydes is 1. The van der Waals surface area contributed by atoms with Gasteiger partial charge in [-0.05, 0) is 36.1 Å². The van der Waals surface area contributed by atoms with Crippen molar-refractivity contribution in [1.82, 2.24) is 0 Å². The first kappa shape index (κ1) is 13.8. The van der Waals surface area contributed by atoms with E-state index in [-0.39, 0.29) is 5.92 Å². The number of hydrogen-bond acceptors (Lipinski definition) is 2. The topological polar surface area (TPSA) is 26.3 Å². The first-order chi connectivity index (χ1) is 8.04. The molecule has 0 N–H and O–H groups in total. The van der Waals surface area contributed by atoms with E-state index >= 15 is 0 Å². The molecule has 17 heavy (non-hydrogen) atoms. The van der Waals surface area contributed by atoms with Crippen LogP contribution in [0.3, 0.4) is 0 Å². The molecule has 0 aliphatic rings. The maximum absolute atomic E-state index is 10.5. The maximum atomic E-state index is 10.5. The quantitative estimate of drug-likeness (QED) is 0.565. The number of carbonyl (C=O) groups is 1. The normalized spacial score (nSPS) is 11.9. The third-order valence-corrected chi connectivity index (χ3v) is 2.74. The van der Waals surface area contributed by atoms with Crippen molar-refractivity contribution < 1.29 is 9.53 Å². The van der Waals surface area contributed by atoms with E-state index in [2.05, 4.69) is 6.58 Å². The van der Waals surface area contributed by atoms with Crippen LogP contribution in [0.2, 0.25) is 5.02 Å². The highest BCUT2D eigenvalue weighted by atomic mass is 35.5. The highest BCUT2D eigenvalue weighted by molar-refractivity contribution is 6.32. The average Bonchev–Trinajstić information content (AvgIpc) is 2.27. The van der Waals surface area contributed by atoms with Crippen LogP contribution in [0.25, 0.3) is 0 Å². The van der Waals surface area contributed by atoms with E-state index < -0.39 is 0 Å². The lowest BCUT2D eigenvalue weighted by atomic mass is 9.98. The van der Waals surface area contributed by atoms with Gasteiger partial charge in [0.2, 0.25) is 0 Å². The van der Waals surface area contributed by atoms with Crippen molar-refractivity contribution in [3.8, 4) is 5.75 Å². The number of rotatable bonds is 6. The summed E-state index contributed by atoms with van der Waals surface area (Å²) in [6.45, 7) is 8.12. The van der Waals surface area contributed by atoms with Gasteiger partial charge in [0.25, 0.3) is 0 Å². The molecule has 1 unspecified atom stereocenters. The zero-order valence-corrected chi connectivity index (χ0v) is 11.0. The molecule has 0 bridgehead atoms. The third-order valence-electron chi connectivity index (χ3n) is 2.45. The molecule has 0 heterocycles. The summed E-state index contributed by atoms with van der Waals surface area (Å²) in [5.74, 6) is 0.830. The molecule has 0 spiro atoms. The first-order valence-electron chi connectivity index (χ1n) is 5.55. The molecule has 0 radical (unpaired) electrons. The van der Waals surface area contributed by atoms with Crippen LogP contribution in [-0.4, -0.2) is 12.9 Å². The summed E-state index contributed by atoms with van der Waals surface area (Å²) < 4.78 is 5.49. The minimum Gasteiger partial charge on any atom is -0.488 e. The molecule has 1 atom stereocenters. The molecule has 0 saturated carbocycles. The predicted molar refractivity (Wildman–Crippen MR) is 70.9 cm³/mol. The maximum Gasteiger partial charge on any atom is 0.138 e. The second-order valence-corrected chi connectivity index (χ2v) is 4.65. The predicted octanol–water partition coefficient (Wildman–Crippen LogP) is 3.99. The highest BCUT2D eigenvalue weighted by Crippen LogP contribution is 2.29. The standard InChI is InChI=1S/C14H17ClO2/c1-10(2)9-17-14-5-4-12(8-13(14)15)11(3)6-7-16/h4-5,7-8,11H,1,6,9H2,2-3H3. The Bertz CT molecular complexity index is 413. The molecule has 1 rings (SSSR count). The van der Waals surface area contributed by atoms with Gasteiger partial charge < -0.3 is 9.53 Å². The van der Waals surface area contributed by atoms with E-state index in [1.54, 1.807) is 0 Å². The van der Waals surface area contributed by atoms with Crippen molar-refractivity contribution in [3.63, 3.8) is 0 Å². The van der Waals surface area contributed by atoms with Gasteiger partial charge >= 0.3 is 0 Å². The summed E-state index contributed by atoms with van der Waals surface area (Å²) in [5, 5.41) is 0.571. The van der Waals surface area contributed by atoms with Crippen LogP contribution in [0, 0.1) is 0 Å². The van der Waals surface area contributed by atoms with Crippen molar-refractivity contribution in [2.45, 2.75) is 26.2 Å². The number of hydrogen-bond donors (Lipinski definition) is 0. The molecule has 1 aromatic rings. The van der Waals surface area contributed by atoms with Crippen LogP contribution >= 0.6 is 11.6 Å². The zero-order chi connectivity index (χ0) is 12.8. The third kappa shape index (κ3) is 4.23. The summed E-state index contributed by atoms with van der Waals surface area (Å²) in [6.07, 6.45) is 1.42. The van der Waals surface area contributed by atoms with Gasteiger partial charge in [-0.25, -0.2) is 0 Å². The van der Waals surface area contributed by atoms with Crippen LogP contribution < -0.4 is 4.74 Å². The SMILES string of the molecule is C=C(C)COc1ccc(C(C)CC=O)cc1Cl. The molecule has 0 amide bonds. The molecule has 3 heteroatoms. The highest BCUT2D eigenvalue weighted by Gasteiger charge is 2.08. The van der Waals surface area contributed by atoms with Gasteiger partial charge in [0.05, 0.1) is 5.02 Å². The van der Waals surface area contributed by atoms with Crippen molar-refractivity contribution >= 4 is 17.9 Å². The van der Waals surface area contributed by atoms with E-state index in [9.17, 15) is 4.79 Å². The van der Waals surface area contributed by atoms with Crippen molar-refractivity contribution in [3.05, 3.63) is 40.9 Å². The van der Waals surface area contributed by atoms with Crippen LogP contribution in [0.4, 0.5) is 0 Å². The van der Waals surface area contributed by atoms with E-state index in [0.29, 0.717) is 23.8 Å². The second kappa shape index (κ2) is 6.45. The van der Waals surface area contributed by atoms with Crippen LogP contribution in [0.5, 0.6) is 5.75 Å². The molecular weight excluding hydrogens is 236 g/mol. The molecular formula is C14H17ClO2. The Morgan fingerprint density at radius 1 is 1.59 bits per heavy atom. The summed E-state index contributed by atoms with van der Waals surface area (Å²) in [5.41, 5.74) is 1.99. The fourth-order valence-electron chi connectivity index (χ4n) is 1.42. The van der Waals surface area contributed by atoms with Gasteiger partial charge in [-0.3, -0.25) is 0 Å². The number of benzene rings is 1. The smallest absolute Gasteiger partial charge is 0.138 e. The minimum absolute atomic E-state index is 0.181. The summed E-state index contributed by atoms with van der Waals surface area (Å²) in [6, 6.07) is 5.62. The summed E-state index contributed by atoms with van der Waals surface area (Å²) >= 11 is 6.11. The molecule has 1 aromatic carbocycles. The van der Waals surface area contributed by atoms with Crippen LogP contribution in [-0.2, 0) is 4.79 Å². The number of ether oxygens (including phenoxy) is 1. The van der Waals surface area contributed by atoms with Crippen LogP contribution in [0.1, 0.15) is 31.7 Å². The van der Waals surface area contributed by atoms with Gasteiger partial charge in [0, 0.05) is 6.42 Å². The monoisotopic (exact) mass is 252 g/mol. The Balaban J connectivity index is 2.78. The van der Waals surface area contributed by atoms with Crippen LogP contribution in [0.15, 0.2) is 30.4 Å². The lowest BCUT2D eigenvalue weighted by molar-refractivity contribution is -0.108. The van der Waals surface area contributed by atoms with E-state index in [1.165, 1.54) is 0 Å². The Morgan fingerprint density at radius 3 is 2.82 bits per heavy atom. The number of carbonyl (C=O) groups excluding carboxylic acids is 1. The lowest BCUT2D eigenvalue weighted by Crippen LogP contribution is -1.99. The van der Waals surface area contributed by atoms with Crippen molar-refractivity contribution in [2.24, 2.45) is 0 Å². The average molecular weight is 253 g/mol. The van der Waals surface area contributed by atoms with Crippen molar-refractivity contribution in [1.29, 1.82) is 0 Å². The van der Waals surface area contributed by atoms with Crippen molar-refractivity contribution in [2.75, 3.05) is 6.61 Å². The molecule has 0 aliphatic carbocycles. The minimum atomic E-state index is 0.181. The zero-order valence-electron chi connectivity index (χ0n) is 10.2. The van der Waals surface area contributed by atoms with Gasteiger partial charge in [-0.15, -0.1) is 0 Å². The Kier molecular flexibility index (Phi) is 5.23. The molecule has 0 saturated heterocycles. The molecule has 92 valence electrons. The Morgan fingerprint density at radius 2 is 2.29 bits per heavy atom. The second-order valence-electron chi connectivity index (χ2n) is 4.24. The fraction of sp³-hybridized carbons (Fsp3) is 0.357. The van der Waals surface area contributed by atoms with E-state index in [1.807, 2.05) is 32.0 Å². The van der Waals surface area contributed by atoms with Gasteiger partial charge in [0.15, 0.2) is 0 Å². The molecule has 0 aromatic heterocycles. The first-order valence-corrected chi connectivity index (χ1v) is 5.92. The number of halogens is 1. The van der Waals surface area contributed by atoms with E-state index in [4.69, 9.17) is 16.3 Å². The fourth-order valence-corrected chi connectivity index (χ4v) is 1.67. The van der Waals surface area contributed by atoms with Gasteiger partial charge in [0.1, 0.15) is 18.6 Å². The lowest BCUT2D eigenvalue weighted by Gasteiger charge is -2.12. The molecule has 2 nitrogen and oxygen atoms in total. The Hall–Kier alpha value is -1.28. The largest absolute Gasteiger partial charge is 0.488 e. The summed E-state index contributed by atoms with van der Waals surface area (Å²) in [4.78, 5) is 10.5. The molecule has 0 aliphatic heterocycles. The molecule has 0 fully saturated rings.